The molecule has 13 heteroatoms. The molecule has 2 aliphatic heterocycles. The summed E-state index contributed by atoms with van der Waals surface area (Å²) >= 11 is 0. The molecule has 1 atom stereocenters. The van der Waals surface area contributed by atoms with Crippen molar-refractivity contribution in [1.82, 2.24) is 25.2 Å². The van der Waals surface area contributed by atoms with Gasteiger partial charge in [0.1, 0.15) is 11.7 Å². The zero-order chi connectivity index (χ0) is 26.3. The lowest BCUT2D eigenvalue weighted by molar-refractivity contribution is -0.192. The molecular weight excluding hydrogens is 483 g/mol. The van der Waals surface area contributed by atoms with E-state index >= 15 is 0 Å². The molecule has 0 saturated carbocycles. The van der Waals surface area contributed by atoms with Gasteiger partial charge in [-0.3, -0.25) is 19.7 Å². The Balaban J connectivity index is 0.000000454. The van der Waals surface area contributed by atoms with Gasteiger partial charge in [0.2, 0.25) is 11.8 Å². The van der Waals surface area contributed by atoms with Gasteiger partial charge in [0.25, 0.3) is 0 Å². The van der Waals surface area contributed by atoms with E-state index in [-0.39, 0.29) is 11.8 Å². The summed E-state index contributed by atoms with van der Waals surface area (Å²) in [5, 5.41) is 15.8. The maximum absolute atomic E-state index is 12.3. The third-order valence-corrected chi connectivity index (χ3v) is 5.49. The number of imide groups is 1. The van der Waals surface area contributed by atoms with Crippen LogP contribution in [0.1, 0.15) is 36.4 Å². The third-order valence-electron chi connectivity index (χ3n) is 5.49. The Morgan fingerprint density at radius 2 is 2.00 bits per heavy atom. The van der Waals surface area contributed by atoms with Crippen LogP contribution in [-0.2, 0) is 19.2 Å². The van der Waals surface area contributed by atoms with E-state index in [1.807, 2.05) is 28.8 Å². The van der Waals surface area contributed by atoms with Crippen molar-refractivity contribution in [1.29, 1.82) is 0 Å². The highest BCUT2D eigenvalue weighted by Gasteiger charge is 2.38. The second-order valence-electron chi connectivity index (χ2n) is 8.11. The van der Waals surface area contributed by atoms with Gasteiger partial charge in [0, 0.05) is 62.4 Å². The smallest absolute Gasteiger partial charge is 0.475 e. The normalized spacial score (nSPS) is 18.6. The summed E-state index contributed by atoms with van der Waals surface area (Å²) in [7, 11) is 0. The van der Waals surface area contributed by atoms with Crippen LogP contribution in [0.25, 0.3) is 11.0 Å². The number of halogens is 3. The van der Waals surface area contributed by atoms with Crippen molar-refractivity contribution in [2.24, 2.45) is 0 Å². The van der Waals surface area contributed by atoms with Crippen LogP contribution in [-0.4, -0.2) is 76.5 Å². The van der Waals surface area contributed by atoms with Crippen molar-refractivity contribution >= 4 is 28.8 Å². The number of carboxylic acids is 1. The topological polar surface area (TPSA) is 126 Å². The predicted molar refractivity (Wildman–Crippen MR) is 121 cm³/mol. The fourth-order valence-electron chi connectivity index (χ4n) is 3.82. The lowest BCUT2D eigenvalue weighted by Crippen LogP contribution is -2.43. The average Bonchev–Trinajstić information content (AvgIpc) is 3.16. The number of amides is 2. The molecule has 1 unspecified atom stereocenters. The van der Waals surface area contributed by atoms with E-state index in [2.05, 4.69) is 27.5 Å². The van der Waals surface area contributed by atoms with E-state index in [1.54, 1.807) is 6.20 Å². The molecule has 2 saturated heterocycles. The van der Waals surface area contributed by atoms with Gasteiger partial charge in [0.15, 0.2) is 0 Å². The van der Waals surface area contributed by atoms with Gasteiger partial charge >= 0.3 is 12.1 Å². The molecule has 0 bridgehead atoms. The summed E-state index contributed by atoms with van der Waals surface area (Å²) in [5.74, 6) is 3.16. The minimum Gasteiger partial charge on any atom is -0.475 e. The van der Waals surface area contributed by atoms with Crippen LogP contribution in [0.3, 0.4) is 0 Å². The van der Waals surface area contributed by atoms with Crippen molar-refractivity contribution in [3.63, 3.8) is 0 Å². The molecule has 2 aromatic heterocycles. The number of hydrogen-bond donors (Lipinski definition) is 3. The van der Waals surface area contributed by atoms with E-state index in [0.717, 1.165) is 48.3 Å². The fraction of sp³-hybridized carbons (Fsp3) is 0.478. The monoisotopic (exact) mass is 509 g/mol. The number of hydroxylamine groups is 2. The summed E-state index contributed by atoms with van der Waals surface area (Å²) in [5.41, 5.74) is 2.63. The van der Waals surface area contributed by atoms with Crippen molar-refractivity contribution in [3.05, 3.63) is 29.6 Å². The van der Waals surface area contributed by atoms with Crippen LogP contribution < -0.4 is 10.6 Å². The van der Waals surface area contributed by atoms with Crippen LogP contribution in [0, 0.1) is 18.8 Å². The average molecular weight is 509 g/mol. The molecule has 2 aromatic rings. The molecule has 36 heavy (non-hydrogen) atoms. The highest BCUT2D eigenvalue weighted by Crippen LogP contribution is 2.28. The van der Waals surface area contributed by atoms with E-state index in [4.69, 9.17) is 14.7 Å². The fourth-order valence-corrected chi connectivity index (χ4v) is 3.82. The van der Waals surface area contributed by atoms with Gasteiger partial charge in [0.05, 0.1) is 6.61 Å². The molecule has 0 spiro atoms. The largest absolute Gasteiger partial charge is 0.490 e. The Kier molecular flexibility index (Phi) is 9.03. The zero-order valence-corrected chi connectivity index (χ0v) is 19.5. The number of aliphatic carboxylic acids is 1. The van der Waals surface area contributed by atoms with E-state index in [1.165, 1.54) is 0 Å². The molecule has 2 amide bonds. The van der Waals surface area contributed by atoms with Crippen LogP contribution in [0.15, 0.2) is 18.5 Å². The number of carbonyl (C=O) groups excluding carboxylic acids is 2. The number of piperazine rings is 1. The van der Waals surface area contributed by atoms with Gasteiger partial charge in [-0.1, -0.05) is 11.8 Å². The number of carboxylic acid groups (broad SMARTS) is 1. The Bertz CT molecular complexity index is 1180. The summed E-state index contributed by atoms with van der Waals surface area (Å²) in [6.07, 6.45) is 0.0129. The van der Waals surface area contributed by atoms with Gasteiger partial charge < -0.3 is 15.0 Å². The zero-order valence-electron chi connectivity index (χ0n) is 19.5. The molecule has 2 fully saturated rings. The van der Waals surface area contributed by atoms with Gasteiger partial charge in [-0.05, 0) is 25.0 Å². The highest BCUT2D eigenvalue weighted by atomic mass is 19.4. The molecule has 10 nitrogen and oxygen atoms in total. The molecule has 0 aromatic carbocycles. The molecule has 0 radical (unpaired) electrons. The van der Waals surface area contributed by atoms with Crippen molar-refractivity contribution < 1.29 is 37.5 Å². The Labute approximate surface area is 204 Å². The Hall–Kier alpha value is -3.47. The SMILES string of the molecule is Cc1cn(C2CCC(=O)NC2=O)c2nccc(C#CCCON3CCNCC3)c12.O=C(O)C(F)(F)F. The predicted octanol–water partition coefficient (Wildman–Crippen LogP) is 1.53. The molecular formula is C23H26F3N5O5. The van der Waals surface area contributed by atoms with Gasteiger partial charge in [-0.25, -0.2) is 9.78 Å². The first-order valence-corrected chi connectivity index (χ1v) is 11.3. The van der Waals surface area contributed by atoms with E-state index in [9.17, 15) is 22.8 Å². The first kappa shape index (κ1) is 27.1. The second-order valence-corrected chi connectivity index (χ2v) is 8.11. The number of hydrogen-bond acceptors (Lipinski definition) is 7. The molecule has 3 N–H and O–H groups in total. The number of aromatic nitrogens is 2. The van der Waals surface area contributed by atoms with Crippen LogP contribution in [0.2, 0.25) is 0 Å². The number of fused-ring (bicyclic) bond motifs is 1. The molecule has 194 valence electrons. The Morgan fingerprint density at radius 3 is 2.64 bits per heavy atom. The van der Waals surface area contributed by atoms with Gasteiger partial charge in [-0.15, -0.1) is 0 Å². The number of rotatable bonds is 4. The number of aryl methyl sites for hydroxylation is 1. The first-order chi connectivity index (χ1) is 17.1. The standard InChI is InChI=1S/C21H25N5O3.C2HF3O2/c1-15-14-26(17-5-6-18(27)24-21(17)28)20-19(15)16(7-8-23-20)4-2-3-13-29-25-11-9-22-10-12-25;3-2(4,5)1(6)7/h7-8,14,17,22H,3,5-6,9-13H2,1H3,(H,24,27,28);(H,6,7). The highest BCUT2D eigenvalue weighted by molar-refractivity contribution is 6.00. The molecule has 0 aliphatic carbocycles. The maximum atomic E-state index is 12.3. The maximum Gasteiger partial charge on any atom is 0.490 e. The van der Waals surface area contributed by atoms with E-state index in [0.29, 0.717) is 25.9 Å². The second kappa shape index (κ2) is 12.0. The molecule has 4 rings (SSSR count). The molecule has 4 heterocycles. The van der Waals surface area contributed by atoms with E-state index < -0.39 is 18.2 Å². The summed E-state index contributed by atoms with van der Waals surface area (Å²) in [6, 6.07) is 1.47. The molecule has 2 aliphatic rings. The van der Waals surface area contributed by atoms with Gasteiger partial charge in [-0.2, -0.15) is 18.2 Å². The number of alkyl halides is 3. The number of nitrogens with zero attached hydrogens (tertiary/aromatic N) is 3. The number of piperidine rings is 1. The number of nitrogens with one attached hydrogen (secondary N) is 2. The quantitative estimate of drug-likeness (QED) is 0.322. The van der Waals surface area contributed by atoms with Crippen molar-refractivity contribution in [2.45, 2.75) is 38.4 Å². The number of pyridine rings is 1. The Morgan fingerprint density at radius 1 is 1.31 bits per heavy atom. The summed E-state index contributed by atoms with van der Waals surface area (Å²) in [4.78, 5) is 42.9. The van der Waals surface area contributed by atoms with Crippen LogP contribution >= 0.6 is 0 Å². The lowest BCUT2D eigenvalue weighted by Gasteiger charge is -2.25. The summed E-state index contributed by atoms with van der Waals surface area (Å²) < 4.78 is 33.6. The summed E-state index contributed by atoms with van der Waals surface area (Å²) in [6.45, 7) is 6.24. The van der Waals surface area contributed by atoms with Crippen LogP contribution in [0.5, 0.6) is 0 Å². The minimum absolute atomic E-state index is 0.220. The third kappa shape index (κ3) is 7.03. The lowest BCUT2D eigenvalue weighted by atomic mass is 10.1. The minimum atomic E-state index is -5.08. The van der Waals surface area contributed by atoms with Crippen molar-refractivity contribution in [3.8, 4) is 11.8 Å². The number of carbonyl (C=O) groups is 3. The van der Waals surface area contributed by atoms with Crippen LogP contribution in [0.4, 0.5) is 13.2 Å². The first-order valence-electron chi connectivity index (χ1n) is 11.3. The van der Waals surface area contributed by atoms with Crippen molar-refractivity contribution in [2.75, 3.05) is 32.8 Å².